The average Bonchev–Trinajstić information content (AvgIpc) is 2.58. The Hall–Kier alpha value is -1.91. The van der Waals surface area contributed by atoms with Gasteiger partial charge in [0.25, 0.3) is 0 Å². The summed E-state index contributed by atoms with van der Waals surface area (Å²) in [5, 5.41) is 8.34. The molecule has 1 fully saturated rings. The minimum Gasteiger partial charge on any atom is -0.463 e. The summed E-state index contributed by atoms with van der Waals surface area (Å²) in [6, 6.07) is 0. The number of carbonyl (C=O) groups is 3. The van der Waals surface area contributed by atoms with Gasteiger partial charge in [-0.2, -0.15) is 0 Å². The lowest BCUT2D eigenvalue weighted by atomic mass is 9.84. The summed E-state index contributed by atoms with van der Waals surface area (Å²) in [7, 11) is 0. The quantitative estimate of drug-likeness (QED) is 0.329. The van der Waals surface area contributed by atoms with Crippen LogP contribution in [0.15, 0.2) is 0 Å². The lowest BCUT2D eigenvalue weighted by Gasteiger charge is -2.43. The van der Waals surface area contributed by atoms with E-state index in [1.165, 1.54) is 13.8 Å². The molecule has 1 aliphatic heterocycles. The highest BCUT2D eigenvalue weighted by molar-refractivity contribution is 5.66. The first kappa shape index (κ1) is 23.1. The highest BCUT2D eigenvalue weighted by Crippen LogP contribution is 2.33. The Kier molecular flexibility index (Phi) is 10.0. The van der Waals surface area contributed by atoms with E-state index < -0.39 is 36.6 Å². The van der Waals surface area contributed by atoms with Gasteiger partial charge in [0.15, 0.2) is 6.29 Å². The van der Waals surface area contributed by atoms with E-state index in [0.717, 1.165) is 0 Å². The molecule has 10 heteroatoms. The van der Waals surface area contributed by atoms with E-state index in [0.29, 0.717) is 0 Å². The molecule has 0 radical (unpaired) electrons. The van der Waals surface area contributed by atoms with E-state index in [-0.39, 0.29) is 44.9 Å². The molecule has 1 saturated heterocycles. The predicted octanol–water partition coefficient (Wildman–Crippen LogP) is 1.21. The van der Waals surface area contributed by atoms with E-state index in [9.17, 15) is 14.4 Å². The number of esters is 2. The molecule has 1 rings (SSSR count). The Morgan fingerprint density at radius 2 is 1.59 bits per heavy atom. The molecule has 27 heavy (non-hydrogen) atoms. The Labute approximate surface area is 158 Å². The lowest BCUT2D eigenvalue weighted by Crippen LogP contribution is -2.53. The summed E-state index contributed by atoms with van der Waals surface area (Å²) in [4.78, 5) is 32.7. The lowest BCUT2D eigenvalue weighted by molar-refractivity contribution is -0.275. The van der Waals surface area contributed by atoms with E-state index in [2.05, 4.69) is 4.74 Å². The molecule has 5 unspecified atom stereocenters. The first-order valence-corrected chi connectivity index (χ1v) is 8.73. The number of rotatable bonds is 10. The van der Waals surface area contributed by atoms with E-state index in [1.807, 2.05) is 13.8 Å². The fraction of sp³-hybridized carbons (Fsp3) is 0.824. The van der Waals surface area contributed by atoms with Gasteiger partial charge in [-0.15, -0.1) is 0 Å². The topological polar surface area (TPSA) is 127 Å². The van der Waals surface area contributed by atoms with Crippen LogP contribution in [-0.2, 0) is 38.0 Å². The van der Waals surface area contributed by atoms with Crippen molar-refractivity contribution < 1.29 is 47.9 Å². The van der Waals surface area contributed by atoms with Crippen molar-refractivity contribution in [3.8, 4) is 0 Å². The van der Waals surface area contributed by atoms with Crippen LogP contribution in [0.2, 0.25) is 0 Å². The molecule has 0 aromatic rings. The van der Waals surface area contributed by atoms with Gasteiger partial charge in [0.1, 0.15) is 25.4 Å². The van der Waals surface area contributed by atoms with Crippen LogP contribution in [0.5, 0.6) is 0 Å². The molecular weight excluding hydrogens is 364 g/mol. The second-order valence-electron chi connectivity index (χ2n) is 6.24. The van der Waals surface area contributed by atoms with Gasteiger partial charge in [-0.1, -0.05) is 13.8 Å². The highest BCUT2D eigenvalue weighted by Gasteiger charge is 2.44. The first-order chi connectivity index (χ1) is 12.7. The smallest absolute Gasteiger partial charge is 0.463 e. The summed E-state index contributed by atoms with van der Waals surface area (Å²) >= 11 is 0. The number of hydrogen-bond acceptors (Lipinski definition) is 9. The van der Waals surface area contributed by atoms with Gasteiger partial charge in [0.2, 0.25) is 0 Å². The van der Waals surface area contributed by atoms with Crippen LogP contribution in [0.4, 0.5) is 4.79 Å². The monoisotopic (exact) mass is 392 g/mol. The molecule has 0 saturated carbocycles. The van der Waals surface area contributed by atoms with Crippen LogP contribution in [0.25, 0.3) is 0 Å². The van der Waals surface area contributed by atoms with Crippen molar-refractivity contribution in [2.75, 3.05) is 33.0 Å². The van der Waals surface area contributed by atoms with Crippen molar-refractivity contribution in [1.29, 1.82) is 0 Å². The summed E-state index contributed by atoms with van der Waals surface area (Å²) in [5.74, 6) is -1.07. The Bertz CT molecular complexity index is 494. The van der Waals surface area contributed by atoms with Crippen LogP contribution in [0.3, 0.4) is 0 Å². The molecule has 156 valence electrons. The van der Waals surface area contributed by atoms with Gasteiger partial charge in [-0.05, 0) is 0 Å². The van der Waals surface area contributed by atoms with Crippen molar-refractivity contribution in [1.82, 2.24) is 0 Å². The summed E-state index contributed by atoms with van der Waals surface area (Å²) in [5.41, 5.74) is 0. The van der Waals surface area contributed by atoms with Crippen molar-refractivity contribution in [3.05, 3.63) is 0 Å². The third-order valence-corrected chi connectivity index (χ3v) is 4.17. The molecule has 0 aliphatic carbocycles. The van der Waals surface area contributed by atoms with Gasteiger partial charge in [0, 0.05) is 25.7 Å². The summed E-state index contributed by atoms with van der Waals surface area (Å²) in [6.07, 6.45) is -3.14. The summed E-state index contributed by atoms with van der Waals surface area (Å²) < 4.78 is 31.5. The highest BCUT2D eigenvalue weighted by atomic mass is 16.7. The van der Waals surface area contributed by atoms with Crippen molar-refractivity contribution in [3.63, 3.8) is 0 Å². The van der Waals surface area contributed by atoms with E-state index in [1.54, 1.807) is 0 Å². The third-order valence-electron chi connectivity index (χ3n) is 4.17. The molecule has 0 bridgehead atoms. The minimum atomic E-state index is -1.35. The maximum absolute atomic E-state index is 11.4. The fourth-order valence-electron chi connectivity index (χ4n) is 2.67. The van der Waals surface area contributed by atoms with Gasteiger partial charge in [-0.3, -0.25) is 9.59 Å². The van der Waals surface area contributed by atoms with Crippen LogP contribution in [0.1, 0.15) is 27.7 Å². The number of hydrogen-bond donors (Lipinski definition) is 1. The van der Waals surface area contributed by atoms with E-state index in [4.69, 9.17) is 28.8 Å². The van der Waals surface area contributed by atoms with Crippen LogP contribution < -0.4 is 0 Å². The molecule has 0 amide bonds. The molecule has 1 N–H and O–H groups in total. The Morgan fingerprint density at radius 1 is 0.926 bits per heavy atom. The van der Waals surface area contributed by atoms with Gasteiger partial charge in [-0.25, -0.2) is 4.79 Å². The molecule has 0 aromatic heterocycles. The Morgan fingerprint density at radius 3 is 2.19 bits per heavy atom. The SMILES string of the molecule is CC(=O)OCC1OC(OCCOCCOC(=O)O)C(C)C(C)C1OC(C)=O. The minimum absolute atomic E-state index is 0.0484. The second-order valence-corrected chi connectivity index (χ2v) is 6.24. The van der Waals surface area contributed by atoms with E-state index >= 15 is 0 Å². The zero-order valence-electron chi connectivity index (χ0n) is 16.0. The van der Waals surface area contributed by atoms with Crippen molar-refractivity contribution >= 4 is 18.1 Å². The molecule has 0 spiro atoms. The number of carboxylic acid groups (broad SMARTS) is 1. The maximum atomic E-state index is 11.4. The van der Waals surface area contributed by atoms with Crippen molar-refractivity contribution in [2.45, 2.75) is 46.2 Å². The standard InChI is InChI=1S/C17H28O10/c1-10-11(2)16(23-7-5-22-6-8-24-17(20)21)27-14(9-25-12(3)18)15(10)26-13(4)19/h10-11,14-16H,5-9H2,1-4H3,(H,20,21). The molecule has 1 heterocycles. The predicted molar refractivity (Wildman–Crippen MR) is 89.9 cm³/mol. The molecule has 5 atom stereocenters. The molecular formula is C17H28O10. The van der Waals surface area contributed by atoms with Gasteiger partial charge in [0.05, 0.1) is 19.8 Å². The average molecular weight is 392 g/mol. The van der Waals surface area contributed by atoms with Gasteiger partial charge < -0.3 is 33.5 Å². The third kappa shape index (κ3) is 8.55. The van der Waals surface area contributed by atoms with Crippen LogP contribution in [0, 0.1) is 11.8 Å². The normalized spacial score (nSPS) is 27.6. The summed E-state index contributed by atoms with van der Waals surface area (Å²) in [6.45, 7) is 6.89. The zero-order chi connectivity index (χ0) is 20.4. The number of carbonyl (C=O) groups excluding carboxylic acids is 2. The zero-order valence-corrected chi connectivity index (χ0v) is 16.0. The fourth-order valence-corrected chi connectivity index (χ4v) is 2.67. The molecule has 1 aliphatic rings. The Balaban J connectivity index is 2.51. The van der Waals surface area contributed by atoms with Crippen molar-refractivity contribution in [2.24, 2.45) is 11.8 Å². The maximum Gasteiger partial charge on any atom is 0.505 e. The van der Waals surface area contributed by atoms with Gasteiger partial charge >= 0.3 is 18.1 Å². The second kappa shape index (κ2) is 11.7. The number of ether oxygens (including phenoxy) is 6. The first-order valence-electron chi connectivity index (χ1n) is 8.73. The molecule has 0 aromatic carbocycles. The molecule has 10 nitrogen and oxygen atoms in total. The largest absolute Gasteiger partial charge is 0.505 e. The van der Waals surface area contributed by atoms with Crippen LogP contribution in [-0.4, -0.2) is 74.7 Å². The van der Waals surface area contributed by atoms with Crippen LogP contribution >= 0.6 is 0 Å².